The standard InChI is InChI=1S/C18H24N6O4/c1-10-15(11(2)28-22-10)17(26)20-6-8-24-14-5-7-23(12(3)25)9-13(14)16(21-24)18(27)19-4/h5-9H2,1-4H3,(H,19,27)(H,20,26). The largest absolute Gasteiger partial charge is 0.361 e. The summed E-state index contributed by atoms with van der Waals surface area (Å²) in [6.45, 7) is 6.60. The number of hydrogen-bond acceptors (Lipinski definition) is 6. The molecule has 150 valence electrons. The van der Waals surface area contributed by atoms with Crippen molar-refractivity contribution < 1.29 is 18.9 Å². The molecule has 0 atom stereocenters. The number of nitrogens with one attached hydrogen (secondary N) is 2. The maximum absolute atomic E-state index is 12.4. The summed E-state index contributed by atoms with van der Waals surface area (Å²) >= 11 is 0. The third kappa shape index (κ3) is 3.62. The highest BCUT2D eigenvalue weighted by molar-refractivity contribution is 5.96. The number of amides is 3. The van der Waals surface area contributed by atoms with Crippen LogP contribution in [0.15, 0.2) is 4.52 Å². The molecule has 3 rings (SSSR count). The highest BCUT2D eigenvalue weighted by Gasteiger charge is 2.28. The molecule has 0 aliphatic carbocycles. The molecule has 10 heteroatoms. The molecule has 28 heavy (non-hydrogen) atoms. The van der Waals surface area contributed by atoms with Crippen molar-refractivity contribution in [2.45, 2.75) is 40.3 Å². The van der Waals surface area contributed by atoms with Gasteiger partial charge in [0.1, 0.15) is 11.3 Å². The molecular formula is C18H24N6O4. The van der Waals surface area contributed by atoms with Gasteiger partial charge in [0.25, 0.3) is 11.8 Å². The first kappa shape index (κ1) is 19.6. The van der Waals surface area contributed by atoms with Crippen molar-refractivity contribution in [3.8, 4) is 0 Å². The fraction of sp³-hybridized carbons (Fsp3) is 0.500. The summed E-state index contributed by atoms with van der Waals surface area (Å²) < 4.78 is 6.76. The number of aromatic nitrogens is 3. The second-order valence-electron chi connectivity index (χ2n) is 6.72. The van der Waals surface area contributed by atoms with E-state index in [-0.39, 0.29) is 17.7 Å². The first-order valence-electron chi connectivity index (χ1n) is 9.10. The highest BCUT2D eigenvalue weighted by atomic mass is 16.5. The van der Waals surface area contributed by atoms with Gasteiger partial charge in [-0.05, 0) is 13.8 Å². The van der Waals surface area contributed by atoms with Crippen molar-refractivity contribution >= 4 is 17.7 Å². The predicted octanol–water partition coefficient (Wildman–Crippen LogP) is 0.182. The zero-order chi connectivity index (χ0) is 20.4. The zero-order valence-electron chi connectivity index (χ0n) is 16.5. The SMILES string of the molecule is CNC(=O)c1nn(CCNC(=O)c2c(C)noc2C)c2c1CN(C(C)=O)CC2. The Hall–Kier alpha value is -3.17. The molecule has 0 bridgehead atoms. The summed E-state index contributed by atoms with van der Waals surface area (Å²) in [5.41, 5.74) is 2.98. The van der Waals surface area contributed by atoms with Gasteiger partial charge >= 0.3 is 0 Å². The lowest BCUT2D eigenvalue weighted by Crippen LogP contribution is -2.36. The van der Waals surface area contributed by atoms with E-state index in [1.165, 1.54) is 6.92 Å². The maximum Gasteiger partial charge on any atom is 0.271 e. The molecule has 2 aromatic rings. The van der Waals surface area contributed by atoms with Gasteiger partial charge in [0.05, 0.1) is 12.2 Å². The number of nitrogens with zero attached hydrogens (tertiary/aromatic N) is 4. The Labute approximate surface area is 162 Å². The molecular weight excluding hydrogens is 364 g/mol. The van der Waals surface area contributed by atoms with E-state index in [1.807, 2.05) is 0 Å². The molecule has 10 nitrogen and oxygen atoms in total. The Bertz CT molecular complexity index is 909. The fourth-order valence-electron chi connectivity index (χ4n) is 3.42. The van der Waals surface area contributed by atoms with E-state index in [9.17, 15) is 14.4 Å². The summed E-state index contributed by atoms with van der Waals surface area (Å²) in [6.07, 6.45) is 0.608. The molecule has 2 aromatic heterocycles. The Morgan fingerprint density at radius 3 is 2.57 bits per heavy atom. The second-order valence-corrected chi connectivity index (χ2v) is 6.72. The minimum atomic E-state index is -0.292. The molecule has 0 aromatic carbocycles. The molecule has 0 spiro atoms. The van der Waals surface area contributed by atoms with E-state index in [1.54, 1.807) is 30.5 Å². The maximum atomic E-state index is 12.4. The van der Waals surface area contributed by atoms with E-state index < -0.39 is 0 Å². The van der Waals surface area contributed by atoms with Crippen LogP contribution >= 0.6 is 0 Å². The number of hydrogen-bond donors (Lipinski definition) is 2. The monoisotopic (exact) mass is 388 g/mol. The molecule has 1 aliphatic rings. The lowest BCUT2D eigenvalue weighted by atomic mass is 10.0. The quantitative estimate of drug-likeness (QED) is 0.754. The van der Waals surface area contributed by atoms with Crippen molar-refractivity contribution in [3.05, 3.63) is 34.0 Å². The Morgan fingerprint density at radius 2 is 1.96 bits per heavy atom. The lowest BCUT2D eigenvalue weighted by molar-refractivity contribution is -0.129. The van der Waals surface area contributed by atoms with Crippen LogP contribution in [-0.2, 0) is 24.3 Å². The first-order valence-corrected chi connectivity index (χ1v) is 9.10. The van der Waals surface area contributed by atoms with Crippen molar-refractivity contribution in [2.75, 3.05) is 20.1 Å². The van der Waals surface area contributed by atoms with Crippen LogP contribution in [0.1, 0.15) is 50.5 Å². The van der Waals surface area contributed by atoms with E-state index in [2.05, 4.69) is 20.9 Å². The first-order chi connectivity index (χ1) is 13.3. The minimum absolute atomic E-state index is 0.0343. The average Bonchev–Trinajstić information content (AvgIpc) is 3.20. The molecule has 2 N–H and O–H groups in total. The summed E-state index contributed by atoms with van der Waals surface area (Å²) in [5, 5.41) is 13.6. The molecule has 0 radical (unpaired) electrons. The van der Waals surface area contributed by atoms with Crippen LogP contribution in [-0.4, -0.2) is 57.7 Å². The topological polar surface area (TPSA) is 122 Å². The van der Waals surface area contributed by atoms with Gasteiger partial charge in [0.15, 0.2) is 5.69 Å². The second kappa shape index (κ2) is 7.83. The molecule has 0 saturated heterocycles. The molecule has 3 heterocycles. The molecule has 3 amide bonds. The van der Waals surface area contributed by atoms with Crippen LogP contribution in [0.5, 0.6) is 0 Å². The molecule has 0 fully saturated rings. The van der Waals surface area contributed by atoms with Gasteiger partial charge in [0.2, 0.25) is 5.91 Å². The van der Waals surface area contributed by atoms with Crippen molar-refractivity contribution in [3.63, 3.8) is 0 Å². The van der Waals surface area contributed by atoms with E-state index >= 15 is 0 Å². The van der Waals surface area contributed by atoms with Gasteiger partial charge in [0, 0.05) is 51.3 Å². The molecule has 1 aliphatic heterocycles. The van der Waals surface area contributed by atoms with Crippen LogP contribution in [0.2, 0.25) is 0 Å². The Morgan fingerprint density at radius 1 is 1.21 bits per heavy atom. The van der Waals surface area contributed by atoms with Gasteiger partial charge in [-0.3, -0.25) is 19.1 Å². The third-order valence-electron chi connectivity index (χ3n) is 4.89. The summed E-state index contributed by atoms with van der Waals surface area (Å²) in [5.74, 6) is -0.114. The number of carbonyl (C=O) groups excluding carboxylic acids is 3. The predicted molar refractivity (Wildman–Crippen MR) is 98.7 cm³/mol. The van der Waals surface area contributed by atoms with Gasteiger partial charge in [-0.25, -0.2) is 0 Å². The van der Waals surface area contributed by atoms with Crippen LogP contribution in [0, 0.1) is 13.8 Å². The number of carbonyl (C=O) groups is 3. The normalized spacial score (nSPS) is 13.2. The Kier molecular flexibility index (Phi) is 5.48. The van der Waals surface area contributed by atoms with Gasteiger partial charge in [-0.2, -0.15) is 5.10 Å². The lowest BCUT2D eigenvalue weighted by Gasteiger charge is -2.26. The number of rotatable bonds is 5. The fourth-order valence-corrected chi connectivity index (χ4v) is 3.42. The Balaban J connectivity index is 1.75. The number of aryl methyl sites for hydroxylation is 2. The highest BCUT2D eigenvalue weighted by Crippen LogP contribution is 2.23. The van der Waals surface area contributed by atoms with E-state index in [0.29, 0.717) is 55.3 Å². The van der Waals surface area contributed by atoms with Crippen LogP contribution in [0.3, 0.4) is 0 Å². The van der Waals surface area contributed by atoms with Crippen molar-refractivity contribution in [1.29, 1.82) is 0 Å². The summed E-state index contributed by atoms with van der Waals surface area (Å²) in [6, 6.07) is 0. The van der Waals surface area contributed by atoms with Gasteiger partial charge in [-0.1, -0.05) is 5.16 Å². The smallest absolute Gasteiger partial charge is 0.271 e. The van der Waals surface area contributed by atoms with E-state index in [0.717, 1.165) is 11.3 Å². The van der Waals surface area contributed by atoms with Gasteiger partial charge in [-0.15, -0.1) is 0 Å². The van der Waals surface area contributed by atoms with Crippen molar-refractivity contribution in [1.82, 2.24) is 30.5 Å². The van der Waals surface area contributed by atoms with E-state index in [4.69, 9.17) is 4.52 Å². The summed E-state index contributed by atoms with van der Waals surface area (Å²) in [7, 11) is 1.54. The van der Waals surface area contributed by atoms with Crippen LogP contribution in [0.25, 0.3) is 0 Å². The number of fused-ring (bicyclic) bond motifs is 1. The minimum Gasteiger partial charge on any atom is -0.361 e. The molecule has 0 saturated carbocycles. The van der Waals surface area contributed by atoms with Gasteiger partial charge < -0.3 is 20.1 Å². The third-order valence-corrected chi connectivity index (χ3v) is 4.89. The molecule has 0 unspecified atom stereocenters. The van der Waals surface area contributed by atoms with Crippen LogP contribution < -0.4 is 10.6 Å². The van der Waals surface area contributed by atoms with Crippen LogP contribution in [0.4, 0.5) is 0 Å². The zero-order valence-corrected chi connectivity index (χ0v) is 16.5. The average molecular weight is 388 g/mol. The van der Waals surface area contributed by atoms with Crippen molar-refractivity contribution in [2.24, 2.45) is 0 Å². The summed E-state index contributed by atoms with van der Waals surface area (Å²) in [4.78, 5) is 38.0.